The zero-order chi connectivity index (χ0) is 15.6. The lowest BCUT2D eigenvalue weighted by Crippen LogP contribution is -2.37. The van der Waals surface area contributed by atoms with Crippen LogP contribution in [0.4, 0.5) is 0 Å². The van der Waals surface area contributed by atoms with Crippen LogP contribution in [0, 0.1) is 0 Å². The molecule has 0 radical (unpaired) electrons. The maximum atomic E-state index is 5.87. The third-order valence-electron chi connectivity index (χ3n) is 3.13. The molecule has 0 amide bonds. The van der Waals surface area contributed by atoms with Crippen molar-refractivity contribution in [2.24, 2.45) is 4.99 Å². The van der Waals surface area contributed by atoms with Crippen molar-refractivity contribution in [1.29, 1.82) is 0 Å². The minimum Gasteiger partial charge on any atom is -0.491 e. The van der Waals surface area contributed by atoms with Gasteiger partial charge in [0.25, 0.3) is 0 Å². The van der Waals surface area contributed by atoms with Crippen molar-refractivity contribution >= 4 is 40.7 Å². The SMILES string of the molecule is C=CCNC(=NCCOc1cccc2ccccc12)NCC.I. The van der Waals surface area contributed by atoms with Gasteiger partial charge in [-0.15, -0.1) is 30.6 Å². The molecular formula is C18H24IN3O. The van der Waals surface area contributed by atoms with Crippen LogP contribution in [0.3, 0.4) is 0 Å². The van der Waals surface area contributed by atoms with Crippen molar-refractivity contribution in [3.63, 3.8) is 0 Å². The Kier molecular flexibility index (Phi) is 9.12. The lowest BCUT2D eigenvalue weighted by Gasteiger charge is -2.11. The van der Waals surface area contributed by atoms with Gasteiger partial charge >= 0.3 is 0 Å². The first-order chi connectivity index (χ1) is 10.8. The number of rotatable bonds is 7. The normalized spacial score (nSPS) is 10.7. The van der Waals surface area contributed by atoms with Crippen LogP contribution in [0.25, 0.3) is 10.8 Å². The van der Waals surface area contributed by atoms with E-state index >= 15 is 0 Å². The van der Waals surface area contributed by atoms with Crippen LogP contribution in [0.2, 0.25) is 0 Å². The highest BCUT2D eigenvalue weighted by Gasteiger charge is 2.01. The second kappa shape index (κ2) is 10.9. The van der Waals surface area contributed by atoms with Gasteiger partial charge in [0.15, 0.2) is 5.96 Å². The Balaban J connectivity index is 0.00000264. The van der Waals surface area contributed by atoms with Gasteiger partial charge in [-0.25, -0.2) is 4.99 Å². The van der Waals surface area contributed by atoms with Crippen LogP contribution < -0.4 is 15.4 Å². The highest BCUT2D eigenvalue weighted by atomic mass is 127. The van der Waals surface area contributed by atoms with Crippen LogP contribution >= 0.6 is 24.0 Å². The molecule has 0 aromatic heterocycles. The first-order valence-corrected chi connectivity index (χ1v) is 7.58. The van der Waals surface area contributed by atoms with Crippen molar-refractivity contribution in [1.82, 2.24) is 10.6 Å². The number of hydrogen-bond acceptors (Lipinski definition) is 2. The fourth-order valence-corrected chi connectivity index (χ4v) is 2.15. The molecule has 124 valence electrons. The van der Waals surface area contributed by atoms with Crippen LogP contribution in [-0.2, 0) is 0 Å². The van der Waals surface area contributed by atoms with Crippen LogP contribution in [0.1, 0.15) is 6.92 Å². The van der Waals surface area contributed by atoms with Gasteiger partial charge in [-0.05, 0) is 18.4 Å². The third kappa shape index (κ3) is 6.09. The largest absolute Gasteiger partial charge is 0.491 e. The number of halogens is 1. The van der Waals surface area contributed by atoms with E-state index in [0.717, 1.165) is 23.6 Å². The Morgan fingerprint density at radius 1 is 1.17 bits per heavy atom. The Labute approximate surface area is 155 Å². The van der Waals surface area contributed by atoms with E-state index < -0.39 is 0 Å². The summed E-state index contributed by atoms with van der Waals surface area (Å²) in [5.74, 6) is 1.68. The topological polar surface area (TPSA) is 45.7 Å². The van der Waals surface area contributed by atoms with Crippen LogP contribution in [0.15, 0.2) is 60.1 Å². The van der Waals surface area contributed by atoms with E-state index in [1.165, 1.54) is 5.39 Å². The third-order valence-corrected chi connectivity index (χ3v) is 3.13. The quantitative estimate of drug-likeness (QED) is 0.234. The monoisotopic (exact) mass is 425 g/mol. The summed E-state index contributed by atoms with van der Waals surface area (Å²) < 4.78 is 5.87. The minimum atomic E-state index is 0. The highest BCUT2D eigenvalue weighted by molar-refractivity contribution is 14.0. The van der Waals surface area contributed by atoms with E-state index in [-0.39, 0.29) is 24.0 Å². The van der Waals surface area contributed by atoms with E-state index in [2.05, 4.69) is 40.4 Å². The van der Waals surface area contributed by atoms with Gasteiger partial charge in [0.2, 0.25) is 0 Å². The number of ether oxygens (including phenoxy) is 1. The lowest BCUT2D eigenvalue weighted by molar-refractivity contribution is 0.332. The van der Waals surface area contributed by atoms with Gasteiger partial charge in [-0.3, -0.25) is 0 Å². The van der Waals surface area contributed by atoms with E-state index in [4.69, 9.17) is 4.74 Å². The molecule has 2 rings (SSSR count). The van der Waals surface area contributed by atoms with Crippen molar-refractivity contribution in [3.05, 3.63) is 55.1 Å². The summed E-state index contributed by atoms with van der Waals surface area (Å²) in [5, 5.41) is 8.66. The fourth-order valence-electron chi connectivity index (χ4n) is 2.15. The number of benzene rings is 2. The second-order valence-corrected chi connectivity index (χ2v) is 4.76. The van der Waals surface area contributed by atoms with Crippen molar-refractivity contribution in [3.8, 4) is 5.75 Å². The summed E-state index contributed by atoms with van der Waals surface area (Å²) >= 11 is 0. The summed E-state index contributed by atoms with van der Waals surface area (Å²) in [6, 6.07) is 14.3. The van der Waals surface area contributed by atoms with Crippen molar-refractivity contribution in [2.75, 3.05) is 26.2 Å². The molecule has 0 aliphatic carbocycles. The predicted molar refractivity (Wildman–Crippen MR) is 109 cm³/mol. The van der Waals surface area contributed by atoms with Crippen molar-refractivity contribution < 1.29 is 4.74 Å². The molecule has 0 fully saturated rings. The van der Waals surface area contributed by atoms with Gasteiger partial charge < -0.3 is 15.4 Å². The summed E-state index contributed by atoms with van der Waals surface area (Å²) in [6.07, 6.45) is 1.81. The Morgan fingerprint density at radius 2 is 1.96 bits per heavy atom. The minimum absolute atomic E-state index is 0. The van der Waals surface area contributed by atoms with E-state index in [1.807, 2.05) is 31.2 Å². The Morgan fingerprint density at radius 3 is 2.74 bits per heavy atom. The van der Waals surface area contributed by atoms with Gasteiger partial charge in [0, 0.05) is 18.5 Å². The Hall–Kier alpha value is -1.76. The standard InChI is InChI=1S/C18H23N3O.HI/c1-3-12-20-18(19-4-2)21-13-14-22-17-11-7-9-15-8-5-6-10-16(15)17;/h3,5-11H,1,4,12-14H2,2H3,(H2,19,20,21);1H. The van der Waals surface area contributed by atoms with Gasteiger partial charge in [0.05, 0.1) is 6.54 Å². The molecule has 23 heavy (non-hydrogen) atoms. The van der Waals surface area contributed by atoms with Gasteiger partial charge in [-0.1, -0.05) is 42.5 Å². The summed E-state index contributed by atoms with van der Waals surface area (Å²) in [5.41, 5.74) is 0. The lowest BCUT2D eigenvalue weighted by atomic mass is 10.1. The molecule has 0 saturated carbocycles. The summed E-state index contributed by atoms with van der Waals surface area (Å²) in [6.45, 7) is 8.38. The molecule has 0 unspecified atom stereocenters. The average molecular weight is 425 g/mol. The molecule has 0 atom stereocenters. The zero-order valence-corrected chi connectivity index (χ0v) is 15.7. The van der Waals surface area contributed by atoms with Crippen LogP contribution in [-0.4, -0.2) is 32.2 Å². The molecule has 0 aliphatic rings. The van der Waals surface area contributed by atoms with Gasteiger partial charge in [0.1, 0.15) is 12.4 Å². The molecule has 0 bridgehead atoms. The molecule has 0 spiro atoms. The molecule has 0 aliphatic heterocycles. The number of nitrogens with zero attached hydrogens (tertiary/aromatic N) is 1. The average Bonchev–Trinajstić information content (AvgIpc) is 2.56. The molecule has 2 N–H and O–H groups in total. The molecule has 4 nitrogen and oxygen atoms in total. The maximum Gasteiger partial charge on any atom is 0.191 e. The number of guanidine groups is 1. The van der Waals surface area contributed by atoms with Gasteiger partial charge in [-0.2, -0.15) is 0 Å². The van der Waals surface area contributed by atoms with Crippen LogP contribution in [0.5, 0.6) is 5.75 Å². The molecule has 0 heterocycles. The number of aliphatic imine (C=N–C) groups is 1. The van der Waals surface area contributed by atoms with Crippen molar-refractivity contribution in [2.45, 2.75) is 6.92 Å². The number of hydrogen-bond donors (Lipinski definition) is 2. The number of nitrogens with one attached hydrogen (secondary N) is 2. The summed E-state index contributed by atoms with van der Waals surface area (Å²) in [4.78, 5) is 4.47. The first-order valence-electron chi connectivity index (χ1n) is 7.58. The predicted octanol–water partition coefficient (Wildman–Crippen LogP) is 3.58. The smallest absolute Gasteiger partial charge is 0.191 e. The fraction of sp³-hybridized carbons (Fsp3) is 0.278. The van der Waals surface area contributed by atoms with E-state index in [1.54, 1.807) is 6.08 Å². The summed E-state index contributed by atoms with van der Waals surface area (Å²) in [7, 11) is 0. The second-order valence-electron chi connectivity index (χ2n) is 4.76. The zero-order valence-electron chi connectivity index (χ0n) is 13.4. The maximum absolute atomic E-state index is 5.87. The molecule has 2 aromatic rings. The highest BCUT2D eigenvalue weighted by Crippen LogP contribution is 2.24. The van der Waals surface area contributed by atoms with E-state index in [9.17, 15) is 0 Å². The first kappa shape index (κ1) is 19.3. The Bertz CT molecular complexity index is 638. The number of fused-ring (bicyclic) bond motifs is 1. The molecule has 0 saturated heterocycles. The van der Waals surface area contributed by atoms with E-state index in [0.29, 0.717) is 19.7 Å². The molecule has 2 aromatic carbocycles. The molecular weight excluding hydrogens is 401 g/mol. The molecule has 5 heteroatoms.